The Morgan fingerprint density at radius 2 is 2.04 bits per heavy atom. The summed E-state index contributed by atoms with van der Waals surface area (Å²) < 4.78 is 14.0. The van der Waals surface area contributed by atoms with Gasteiger partial charge in [0.25, 0.3) is 5.91 Å². The van der Waals surface area contributed by atoms with Crippen molar-refractivity contribution < 1.29 is 19.1 Å². The number of halogens is 1. The molecule has 0 aromatic heterocycles. The second-order valence-corrected chi connectivity index (χ2v) is 7.20. The summed E-state index contributed by atoms with van der Waals surface area (Å²) in [5.41, 5.74) is 0.00582. The second-order valence-electron chi connectivity index (χ2n) is 7.20. The maximum absolute atomic E-state index is 14.0. The molecule has 2 heterocycles. The molecule has 25 heavy (non-hydrogen) atoms. The van der Waals surface area contributed by atoms with Gasteiger partial charge in [-0.2, -0.15) is 0 Å². The number of carbonyl (C=O) groups excluding carboxylic acids is 2. The molecule has 1 aromatic carbocycles. The molecule has 5 nitrogen and oxygen atoms in total. The zero-order valence-corrected chi connectivity index (χ0v) is 14.4. The number of aliphatic hydroxyl groups excluding tert-OH is 1. The van der Waals surface area contributed by atoms with Crippen molar-refractivity contribution in [2.24, 2.45) is 5.41 Å². The zero-order chi connectivity index (χ0) is 17.9. The first-order valence-corrected chi connectivity index (χ1v) is 8.97. The Hall–Kier alpha value is -1.95. The summed E-state index contributed by atoms with van der Waals surface area (Å²) in [5.74, 6) is -0.636. The molecule has 1 aromatic rings. The van der Waals surface area contributed by atoms with Crippen molar-refractivity contribution in [1.82, 2.24) is 9.80 Å². The highest BCUT2D eigenvalue weighted by atomic mass is 19.1. The topological polar surface area (TPSA) is 60.9 Å². The third-order valence-electron chi connectivity index (χ3n) is 5.39. The van der Waals surface area contributed by atoms with Crippen LogP contribution in [-0.2, 0) is 4.79 Å². The van der Waals surface area contributed by atoms with Crippen molar-refractivity contribution in [3.63, 3.8) is 0 Å². The summed E-state index contributed by atoms with van der Waals surface area (Å²) >= 11 is 0. The van der Waals surface area contributed by atoms with Gasteiger partial charge in [0.1, 0.15) is 5.82 Å². The minimum atomic E-state index is -0.490. The second kappa shape index (κ2) is 7.52. The molecule has 2 amide bonds. The van der Waals surface area contributed by atoms with E-state index in [2.05, 4.69) is 0 Å². The third kappa shape index (κ3) is 3.84. The number of benzene rings is 1. The van der Waals surface area contributed by atoms with E-state index < -0.39 is 5.82 Å². The maximum atomic E-state index is 14.0. The number of rotatable bonds is 4. The summed E-state index contributed by atoms with van der Waals surface area (Å²) in [4.78, 5) is 28.4. The zero-order valence-electron chi connectivity index (χ0n) is 14.4. The lowest BCUT2D eigenvalue weighted by atomic mass is 9.73. The lowest BCUT2D eigenvalue weighted by Gasteiger charge is -2.48. The number of hydrogen-bond acceptors (Lipinski definition) is 3. The number of nitrogens with zero attached hydrogens (tertiary/aromatic N) is 2. The Labute approximate surface area is 147 Å². The highest BCUT2D eigenvalue weighted by Gasteiger charge is 2.42. The van der Waals surface area contributed by atoms with Crippen LogP contribution in [0.2, 0.25) is 0 Å². The Morgan fingerprint density at radius 3 is 2.80 bits per heavy atom. The van der Waals surface area contributed by atoms with Gasteiger partial charge in [0, 0.05) is 44.6 Å². The van der Waals surface area contributed by atoms with Crippen LogP contribution < -0.4 is 0 Å². The molecule has 0 radical (unpaired) electrons. The van der Waals surface area contributed by atoms with Crippen molar-refractivity contribution >= 4 is 11.8 Å². The average molecular weight is 348 g/mol. The minimum Gasteiger partial charge on any atom is -0.396 e. The molecule has 0 saturated carbocycles. The van der Waals surface area contributed by atoms with Gasteiger partial charge in [-0.05, 0) is 37.8 Å². The standard InChI is InChI=1S/C19H25FN2O3/c20-16-6-2-1-5-15(16)18(25)22-10-3-8-19(14-22)9-7-17(24)21(13-19)11-4-12-23/h1-2,5-6,23H,3-4,7-14H2. The molecule has 6 heteroatoms. The molecule has 1 N–H and O–H groups in total. The molecule has 0 aliphatic carbocycles. The predicted octanol–water partition coefficient (Wildman–Crippen LogP) is 2.05. The van der Waals surface area contributed by atoms with Crippen LogP contribution in [0.1, 0.15) is 42.5 Å². The molecule has 3 rings (SSSR count). The van der Waals surface area contributed by atoms with E-state index >= 15 is 0 Å². The summed E-state index contributed by atoms with van der Waals surface area (Å²) in [6.45, 7) is 2.42. The van der Waals surface area contributed by atoms with Gasteiger partial charge in [-0.15, -0.1) is 0 Å². The van der Waals surface area contributed by atoms with Crippen LogP contribution in [0.25, 0.3) is 0 Å². The molecular weight excluding hydrogens is 323 g/mol. The van der Waals surface area contributed by atoms with Crippen LogP contribution in [0.15, 0.2) is 24.3 Å². The summed E-state index contributed by atoms with van der Waals surface area (Å²) in [5, 5.41) is 9.03. The Bertz CT molecular complexity index is 651. The van der Waals surface area contributed by atoms with Crippen LogP contribution in [0, 0.1) is 11.2 Å². The Balaban J connectivity index is 1.73. The molecule has 2 fully saturated rings. The van der Waals surface area contributed by atoms with Crippen molar-refractivity contribution in [2.75, 3.05) is 32.8 Å². The van der Waals surface area contributed by atoms with Gasteiger partial charge < -0.3 is 14.9 Å². The van der Waals surface area contributed by atoms with Gasteiger partial charge >= 0.3 is 0 Å². The summed E-state index contributed by atoms with van der Waals surface area (Å²) in [6, 6.07) is 6.08. The average Bonchev–Trinajstić information content (AvgIpc) is 2.63. The number of hydrogen-bond donors (Lipinski definition) is 1. The number of piperidine rings is 2. The van der Waals surface area contributed by atoms with E-state index in [4.69, 9.17) is 5.11 Å². The van der Waals surface area contributed by atoms with Crippen molar-refractivity contribution in [3.8, 4) is 0 Å². The number of likely N-dealkylation sites (tertiary alicyclic amines) is 2. The molecular formula is C19H25FN2O3. The first kappa shape index (κ1) is 17.9. The SMILES string of the molecule is O=C1CCC2(CCCN(C(=O)c3ccccc3F)C2)CN1CCCO. The summed E-state index contributed by atoms with van der Waals surface area (Å²) in [6.07, 6.45) is 3.65. The molecule has 136 valence electrons. The minimum absolute atomic E-state index is 0.0642. The molecule has 1 unspecified atom stereocenters. The first-order valence-electron chi connectivity index (χ1n) is 8.97. The fraction of sp³-hybridized carbons (Fsp3) is 0.579. The smallest absolute Gasteiger partial charge is 0.256 e. The van der Waals surface area contributed by atoms with Gasteiger partial charge in [-0.3, -0.25) is 9.59 Å². The normalized spacial score (nSPS) is 24.0. The van der Waals surface area contributed by atoms with E-state index in [0.29, 0.717) is 39.0 Å². The van der Waals surface area contributed by atoms with Gasteiger partial charge in [0.05, 0.1) is 5.56 Å². The maximum Gasteiger partial charge on any atom is 0.256 e. The van der Waals surface area contributed by atoms with Crippen molar-refractivity contribution in [3.05, 3.63) is 35.6 Å². The Kier molecular flexibility index (Phi) is 5.37. The largest absolute Gasteiger partial charge is 0.396 e. The predicted molar refractivity (Wildman–Crippen MR) is 91.5 cm³/mol. The van der Waals surface area contributed by atoms with Crippen LogP contribution >= 0.6 is 0 Å². The van der Waals surface area contributed by atoms with Gasteiger partial charge in [-0.25, -0.2) is 4.39 Å². The molecule has 1 atom stereocenters. The number of aliphatic hydroxyl groups is 1. The van der Waals surface area contributed by atoms with Crippen LogP contribution in [0.3, 0.4) is 0 Å². The van der Waals surface area contributed by atoms with E-state index in [1.54, 1.807) is 17.0 Å². The van der Waals surface area contributed by atoms with Gasteiger partial charge in [0.2, 0.25) is 5.91 Å². The third-order valence-corrected chi connectivity index (χ3v) is 5.39. The first-order chi connectivity index (χ1) is 12.0. The lowest BCUT2D eigenvalue weighted by molar-refractivity contribution is -0.139. The quantitative estimate of drug-likeness (QED) is 0.906. The highest BCUT2D eigenvalue weighted by Crippen LogP contribution is 2.39. The van der Waals surface area contributed by atoms with E-state index in [9.17, 15) is 14.0 Å². The van der Waals surface area contributed by atoms with Crippen molar-refractivity contribution in [1.29, 1.82) is 0 Å². The van der Waals surface area contributed by atoms with Crippen LogP contribution in [-0.4, -0.2) is 59.5 Å². The lowest BCUT2D eigenvalue weighted by Crippen LogP contribution is -2.55. The number of carbonyl (C=O) groups is 2. The van der Waals surface area contributed by atoms with Crippen molar-refractivity contribution in [2.45, 2.75) is 32.1 Å². The number of amides is 2. The molecule has 1 spiro atoms. The van der Waals surface area contributed by atoms with Crippen LogP contribution in [0.5, 0.6) is 0 Å². The fourth-order valence-corrected chi connectivity index (χ4v) is 4.09. The fourth-order valence-electron chi connectivity index (χ4n) is 4.09. The molecule has 2 aliphatic heterocycles. The van der Waals surface area contributed by atoms with Crippen LogP contribution in [0.4, 0.5) is 4.39 Å². The highest BCUT2D eigenvalue weighted by molar-refractivity contribution is 5.94. The van der Waals surface area contributed by atoms with E-state index in [0.717, 1.165) is 19.3 Å². The summed E-state index contributed by atoms with van der Waals surface area (Å²) in [7, 11) is 0. The monoisotopic (exact) mass is 348 g/mol. The van der Waals surface area contributed by atoms with Gasteiger partial charge in [-0.1, -0.05) is 12.1 Å². The molecule has 2 aliphatic rings. The van der Waals surface area contributed by atoms with E-state index in [1.807, 2.05) is 4.90 Å². The van der Waals surface area contributed by atoms with E-state index in [1.165, 1.54) is 12.1 Å². The Morgan fingerprint density at radius 1 is 1.24 bits per heavy atom. The molecule has 0 bridgehead atoms. The van der Waals surface area contributed by atoms with E-state index in [-0.39, 0.29) is 29.4 Å². The molecule has 2 saturated heterocycles. The van der Waals surface area contributed by atoms with Gasteiger partial charge in [0.15, 0.2) is 0 Å².